The summed E-state index contributed by atoms with van der Waals surface area (Å²) in [6.07, 6.45) is 1.68. The molecule has 0 aliphatic heterocycles. The molecule has 0 aliphatic carbocycles. The Morgan fingerprint density at radius 2 is 1.94 bits per heavy atom. The van der Waals surface area contributed by atoms with E-state index >= 15 is 0 Å². The van der Waals surface area contributed by atoms with E-state index < -0.39 is 5.97 Å². The standard InChI is InChI=1S/C12H16N2O2/c1-14(2)9-11(12(15)16-3)13-10-7-5-4-6-8-10/h4-9,13H,1-3H3/b11-9-. The molecule has 4 nitrogen and oxygen atoms in total. The summed E-state index contributed by atoms with van der Waals surface area (Å²) >= 11 is 0. The van der Waals surface area contributed by atoms with Crippen molar-refractivity contribution in [1.29, 1.82) is 0 Å². The predicted molar refractivity (Wildman–Crippen MR) is 63.9 cm³/mol. The van der Waals surface area contributed by atoms with E-state index in [0.717, 1.165) is 5.69 Å². The van der Waals surface area contributed by atoms with Gasteiger partial charge in [-0.1, -0.05) is 18.2 Å². The molecule has 0 aliphatic rings. The number of para-hydroxylation sites is 1. The fraction of sp³-hybridized carbons (Fsp3) is 0.250. The van der Waals surface area contributed by atoms with Crippen molar-refractivity contribution in [2.45, 2.75) is 0 Å². The Kier molecular flexibility index (Phi) is 4.39. The lowest BCUT2D eigenvalue weighted by Gasteiger charge is -2.12. The molecule has 86 valence electrons. The molecule has 0 bridgehead atoms. The average molecular weight is 220 g/mol. The Labute approximate surface area is 95.5 Å². The number of hydrogen-bond acceptors (Lipinski definition) is 4. The van der Waals surface area contributed by atoms with Crippen LogP contribution in [0.15, 0.2) is 42.2 Å². The van der Waals surface area contributed by atoms with Gasteiger partial charge in [-0.15, -0.1) is 0 Å². The van der Waals surface area contributed by atoms with Crippen molar-refractivity contribution in [2.24, 2.45) is 0 Å². The van der Waals surface area contributed by atoms with Gasteiger partial charge in [0.15, 0.2) is 0 Å². The van der Waals surface area contributed by atoms with E-state index in [2.05, 4.69) is 10.1 Å². The summed E-state index contributed by atoms with van der Waals surface area (Å²) in [4.78, 5) is 13.3. The zero-order valence-electron chi connectivity index (χ0n) is 9.73. The van der Waals surface area contributed by atoms with E-state index in [9.17, 15) is 4.79 Å². The van der Waals surface area contributed by atoms with Crippen LogP contribution in [0.3, 0.4) is 0 Å². The summed E-state index contributed by atoms with van der Waals surface area (Å²) in [6, 6.07) is 9.47. The number of esters is 1. The van der Waals surface area contributed by atoms with Crippen molar-refractivity contribution in [3.05, 3.63) is 42.2 Å². The maximum Gasteiger partial charge on any atom is 0.355 e. The highest BCUT2D eigenvalue weighted by Gasteiger charge is 2.09. The van der Waals surface area contributed by atoms with Gasteiger partial charge in [-0.25, -0.2) is 4.79 Å². The first kappa shape index (κ1) is 12.1. The molecule has 0 aromatic heterocycles. The van der Waals surface area contributed by atoms with Crippen molar-refractivity contribution in [3.63, 3.8) is 0 Å². The number of nitrogens with zero attached hydrogens (tertiary/aromatic N) is 1. The quantitative estimate of drug-likeness (QED) is 0.619. The first-order chi connectivity index (χ1) is 7.63. The van der Waals surface area contributed by atoms with Gasteiger partial charge in [-0.3, -0.25) is 0 Å². The minimum Gasteiger partial charge on any atom is -0.464 e. The molecule has 0 saturated heterocycles. The van der Waals surface area contributed by atoms with Crippen molar-refractivity contribution in [3.8, 4) is 0 Å². The third-order valence-corrected chi connectivity index (χ3v) is 1.85. The number of nitrogens with one attached hydrogen (secondary N) is 1. The van der Waals surface area contributed by atoms with Gasteiger partial charge in [0.05, 0.1) is 7.11 Å². The second kappa shape index (κ2) is 5.80. The lowest BCUT2D eigenvalue weighted by atomic mass is 10.3. The molecule has 4 heteroatoms. The van der Waals surface area contributed by atoms with E-state index in [-0.39, 0.29) is 0 Å². The molecule has 0 spiro atoms. The molecule has 0 amide bonds. The summed E-state index contributed by atoms with van der Waals surface area (Å²) in [6.45, 7) is 0. The Morgan fingerprint density at radius 3 is 2.44 bits per heavy atom. The van der Waals surface area contributed by atoms with E-state index in [1.54, 1.807) is 11.1 Å². The van der Waals surface area contributed by atoms with Gasteiger partial charge in [0.2, 0.25) is 0 Å². The molecule has 0 heterocycles. The van der Waals surface area contributed by atoms with Crippen LogP contribution in [0.5, 0.6) is 0 Å². The lowest BCUT2D eigenvalue weighted by Crippen LogP contribution is -2.17. The SMILES string of the molecule is COC(=O)/C(=C/N(C)C)Nc1ccccc1. The number of hydrogen-bond donors (Lipinski definition) is 1. The number of methoxy groups -OCH3 is 1. The predicted octanol–water partition coefficient (Wildman–Crippen LogP) is 1.67. The van der Waals surface area contributed by atoms with Crippen molar-refractivity contribution >= 4 is 11.7 Å². The van der Waals surface area contributed by atoms with Crippen LogP contribution in [-0.2, 0) is 9.53 Å². The molecular weight excluding hydrogens is 204 g/mol. The Bertz CT molecular complexity index is 372. The molecule has 1 N–H and O–H groups in total. The molecule has 16 heavy (non-hydrogen) atoms. The van der Waals surface area contributed by atoms with Gasteiger partial charge in [-0.05, 0) is 12.1 Å². The summed E-state index contributed by atoms with van der Waals surface area (Å²) in [5.74, 6) is -0.391. The molecule has 0 fully saturated rings. The largest absolute Gasteiger partial charge is 0.464 e. The highest BCUT2D eigenvalue weighted by Crippen LogP contribution is 2.10. The summed E-state index contributed by atoms with van der Waals surface area (Å²) < 4.78 is 4.69. The molecule has 1 aromatic rings. The first-order valence-corrected chi connectivity index (χ1v) is 4.92. The van der Waals surface area contributed by atoms with E-state index in [0.29, 0.717) is 5.70 Å². The molecule has 1 aromatic carbocycles. The van der Waals surface area contributed by atoms with Gasteiger partial charge >= 0.3 is 5.97 Å². The Hall–Kier alpha value is -1.97. The Balaban J connectivity index is 2.84. The second-order valence-electron chi connectivity index (χ2n) is 3.49. The molecule has 0 atom stereocenters. The van der Waals surface area contributed by atoms with Crippen molar-refractivity contribution in [2.75, 3.05) is 26.5 Å². The van der Waals surface area contributed by atoms with E-state index in [4.69, 9.17) is 0 Å². The number of anilines is 1. The van der Waals surface area contributed by atoms with Crippen LogP contribution in [0.25, 0.3) is 0 Å². The zero-order valence-corrected chi connectivity index (χ0v) is 9.73. The molecule has 0 unspecified atom stereocenters. The topological polar surface area (TPSA) is 41.6 Å². The zero-order chi connectivity index (χ0) is 12.0. The normalized spacial score (nSPS) is 10.8. The van der Waals surface area contributed by atoms with Gasteiger partial charge in [0.1, 0.15) is 5.70 Å². The summed E-state index contributed by atoms with van der Waals surface area (Å²) in [7, 11) is 5.05. The third-order valence-electron chi connectivity index (χ3n) is 1.85. The van der Waals surface area contributed by atoms with Gasteiger partial charge < -0.3 is 15.0 Å². The van der Waals surface area contributed by atoms with Crippen molar-refractivity contribution < 1.29 is 9.53 Å². The molecular formula is C12H16N2O2. The number of carbonyl (C=O) groups excluding carboxylic acids is 1. The number of benzene rings is 1. The number of rotatable bonds is 4. The van der Waals surface area contributed by atoms with Crippen molar-refractivity contribution in [1.82, 2.24) is 4.90 Å². The molecule has 0 radical (unpaired) electrons. The maximum atomic E-state index is 11.5. The van der Waals surface area contributed by atoms with Crippen LogP contribution in [0.2, 0.25) is 0 Å². The summed E-state index contributed by atoms with van der Waals surface area (Å²) in [5.41, 5.74) is 1.25. The highest BCUT2D eigenvalue weighted by molar-refractivity contribution is 5.91. The fourth-order valence-corrected chi connectivity index (χ4v) is 1.18. The van der Waals surface area contributed by atoms with Crippen LogP contribution < -0.4 is 5.32 Å². The van der Waals surface area contributed by atoms with Gasteiger partial charge in [0.25, 0.3) is 0 Å². The van der Waals surface area contributed by atoms with Crippen LogP contribution in [0.1, 0.15) is 0 Å². The van der Waals surface area contributed by atoms with Gasteiger partial charge in [-0.2, -0.15) is 0 Å². The maximum absolute atomic E-state index is 11.5. The second-order valence-corrected chi connectivity index (χ2v) is 3.49. The smallest absolute Gasteiger partial charge is 0.355 e. The monoisotopic (exact) mass is 220 g/mol. The van der Waals surface area contributed by atoms with Gasteiger partial charge in [0, 0.05) is 26.0 Å². The fourth-order valence-electron chi connectivity index (χ4n) is 1.18. The Morgan fingerprint density at radius 1 is 1.31 bits per heavy atom. The van der Waals surface area contributed by atoms with Crippen LogP contribution in [0.4, 0.5) is 5.69 Å². The lowest BCUT2D eigenvalue weighted by molar-refractivity contribution is -0.136. The number of ether oxygens (including phenoxy) is 1. The minimum atomic E-state index is -0.391. The summed E-state index contributed by atoms with van der Waals surface area (Å²) in [5, 5.41) is 3.01. The van der Waals surface area contributed by atoms with E-state index in [1.807, 2.05) is 44.4 Å². The molecule has 1 rings (SSSR count). The van der Waals surface area contributed by atoms with Crippen LogP contribution in [0, 0.1) is 0 Å². The van der Waals surface area contributed by atoms with E-state index in [1.165, 1.54) is 7.11 Å². The molecule has 0 saturated carbocycles. The highest BCUT2D eigenvalue weighted by atomic mass is 16.5. The first-order valence-electron chi connectivity index (χ1n) is 4.92. The third kappa shape index (κ3) is 3.65. The minimum absolute atomic E-state index is 0.391. The number of carbonyl (C=O) groups is 1. The average Bonchev–Trinajstić information content (AvgIpc) is 2.28. The van der Waals surface area contributed by atoms with Crippen LogP contribution in [-0.4, -0.2) is 32.1 Å². The van der Waals surface area contributed by atoms with Crippen LogP contribution >= 0.6 is 0 Å².